The summed E-state index contributed by atoms with van der Waals surface area (Å²) in [7, 11) is 0. The lowest BCUT2D eigenvalue weighted by atomic mass is 10.2. The van der Waals surface area contributed by atoms with Gasteiger partial charge in [0.2, 0.25) is 0 Å². The zero-order valence-corrected chi connectivity index (χ0v) is 6.60. The van der Waals surface area contributed by atoms with Gasteiger partial charge in [-0.2, -0.15) is 0 Å². The Morgan fingerprint density at radius 2 is 2.30 bits per heavy atom. The minimum absolute atomic E-state index is 0.763. The fourth-order valence-corrected chi connectivity index (χ4v) is 1.13. The van der Waals surface area contributed by atoms with Gasteiger partial charge in [-0.1, -0.05) is 6.42 Å². The van der Waals surface area contributed by atoms with E-state index < -0.39 is 0 Å². The van der Waals surface area contributed by atoms with Gasteiger partial charge in [-0.3, -0.25) is 4.99 Å². The van der Waals surface area contributed by atoms with Gasteiger partial charge < -0.3 is 4.74 Å². The Morgan fingerprint density at radius 1 is 1.40 bits per heavy atom. The van der Waals surface area contributed by atoms with Crippen molar-refractivity contribution in [1.82, 2.24) is 0 Å². The highest BCUT2D eigenvalue weighted by Crippen LogP contribution is 2.07. The normalized spacial score (nSPS) is 19.5. The molecular formula is C8H15NO. The Balaban J connectivity index is 2.31. The van der Waals surface area contributed by atoms with Crippen LogP contribution in [0.1, 0.15) is 32.6 Å². The molecule has 10 heavy (non-hydrogen) atoms. The predicted octanol–water partition coefficient (Wildman–Crippen LogP) is 2.00. The van der Waals surface area contributed by atoms with Crippen LogP contribution in [0.3, 0.4) is 0 Å². The summed E-state index contributed by atoms with van der Waals surface area (Å²) < 4.78 is 5.31. The second kappa shape index (κ2) is 4.31. The van der Waals surface area contributed by atoms with Crippen molar-refractivity contribution in [3.8, 4) is 0 Å². The van der Waals surface area contributed by atoms with Gasteiger partial charge in [-0.15, -0.1) is 0 Å². The molecule has 0 saturated heterocycles. The molecule has 58 valence electrons. The summed E-state index contributed by atoms with van der Waals surface area (Å²) in [6.45, 7) is 3.74. The minimum atomic E-state index is 0.763. The molecular weight excluding hydrogens is 126 g/mol. The van der Waals surface area contributed by atoms with Gasteiger partial charge in [0, 0.05) is 13.0 Å². The minimum Gasteiger partial charge on any atom is -0.481 e. The van der Waals surface area contributed by atoms with E-state index in [1.165, 1.54) is 19.3 Å². The van der Waals surface area contributed by atoms with Crippen LogP contribution in [-0.2, 0) is 4.74 Å². The molecule has 1 aliphatic rings. The van der Waals surface area contributed by atoms with E-state index in [9.17, 15) is 0 Å². The van der Waals surface area contributed by atoms with Gasteiger partial charge in [-0.25, -0.2) is 0 Å². The molecule has 0 aromatic heterocycles. The maximum absolute atomic E-state index is 5.31. The van der Waals surface area contributed by atoms with E-state index in [-0.39, 0.29) is 0 Å². The van der Waals surface area contributed by atoms with Crippen molar-refractivity contribution in [2.24, 2.45) is 4.99 Å². The first-order chi connectivity index (χ1) is 4.93. The van der Waals surface area contributed by atoms with E-state index in [1.54, 1.807) is 0 Å². The van der Waals surface area contributed by atoms with E-state index in [2.05, 4.69) is 4.99 Å². The Hall–Kier alpha value is -0.530. The number of hydrogen-bond donors (Lipinski definition) is 0. The Bertz CT molecular complexity index is 120. The smallest absolute Gasteiger partial charge is 0.183 e. The van der Waals surface area contributed by atoms with Crippen molar-refractivity contribution in [3.63, 3.8) is 0 Å². The molecule has 0 fully saturated rings. The molecule has 0 bridgehead atoms. The Labute approximate surface area is 62.3 Å². The van der Waals surface area contributed by atoms with E-state index in [1.807, 2.05) is 6.92 Å². The van der Waals surface area contributed by atoms with Gasteiger partial charge >= 0.3 is 0 Å². The van der Waals surface area contributed by atoms with Crippen molar-refractivity contribution < 1.29 is 4.74 Å². The quantitative estimate of drug-likeness (QED) is 0.547. The first-order valence-electron chi connectivity index (χ1n) is 4.09. The van der Waals surface area contributed by atoms with Crippen LogP contribution in [-0.4, -0.2) is 19.0 Å². The summed E-state index contributed by atoms with van der Waals surface area (Å²) in [5.74, 6) is 0.972. The zero-order valence-electron chi connectivity index (χ0n) is 6.60. The summed E-state index contributed by atoms with van der Waals surface area (Å²) >= 11 is 0. The summed E-state index contributed by atoms with van der Waals surface area (Å²) in [6.07, 6.45) is 4.84. The summed E-state index contributed by atoms with van der Waals surface area (Å²) in [5.41, 5.74) is 0. The van der Waals surface area contributed by atoms with E-state index in [4.69, 9.17) is 4.74 Å². The second-order valence-electron chi connectivity index (χ2n) is 2.52. The van der Waals surface area contributed by atoms with Gasteiger partial charge in [0.1, 0.15) is 0 Å². The van der Waals surface area contributed by atoms with Gasteiger partial charge in [0.15, 0.2) is 5.90 Å². The lowest BCUT2D eigenvalue weighted by molar-refractivity contribution is 0.316. The average molecular weight is 141 g/mol. The lowest BCUT2D eigenvalue weighted by Crippen LogP contribution is -2.03. The molecule has 1 rings (SSSR count). The summed E-state index contributed by atoms with van der Waals surface area (Å²) in [4.78, 5) is 4.31. The molecule has 0 aromatic carbocycles. The topological polar surface area (TPSA) is 21.6 Å². The Kier molecular flexibility index (Phi) is 3.27. The fourth-order valence-electron chi connectivity index (χ4n) is 1.13. The SMILES string of the molecule is CCOC1=NCCCCC1. The third-order valence-corrected chi connectivity index (χ3v) is 1.65. The third kappa shape index (κ3) is 2.38. The van der Waals surface area contributed by atoms with E-state index in [0.717, 1.165) is 25.5 Å². The maximum Gasteiger partial charge on any atom is 0.183 e. The van der Waals surface area contributed by atoms with Crippen LogP contribution in [0.2, 0.25) is 0 Å². The van der Waals surface area contributed by atoms with Crippen LogP contribution >= 0.6 is 0 Å². The van der Waals surface area contributed by atoms with Crippen molar-refractivity contribution in [2.45, 2.75) is 32.6 Å². The molecule has 0 aromatic rings. The molecule has 1 heterocycles. The third-order valence-electron chi connectivity index (χ3n) is 1.65. The monoisotopic (exact) mass is 141 g/mol. The van der Waals surface area contributed by atoms with Crippen molar-refractivity contribution in [1.29, 1.82) is 0 Å². The van der Waals surface area contributed by atoms with Crippen molar-refractivity contribution in [3.05, 3.63) is 0 Å². The lowest BCUT2D eigenvalue weighted by Gasteiger charge is -2.02. The van der Waals surface area contributed by atoms with E-state index in [0.29, 0.717) is 0 Å². The highest BCUT2D eigenvalue weighted by molar-refractivity contribution is 5.76. The first-order valence-corrected chi connectivity index (χ1v) is 4.09. The standard InChI is InChI=1S/C8H15NO/c1-2-10-8-6-4-3-5-7-9-8/h2-7H2,1H3. The van der Waals surface area contributed by atoms with Crippen LogP contribution in [0, 0.1) is 0 Å². The molecule has 0 spiro atoms. The molecule has 2 nitrogen and oxygen atoms in total. The van der Waals surface area contributed by atoms with Gasteiger partial charge in [0.25, 0.3) is 0 Å². The Morgan fingerprint density at radius 3 is 3.10 bits per heavy atom. The largest absolute Gasteiger partial charge is 0.481 e. The number of rotatable bonds is 1. The highest BCUT2D eigenvalue weighted by atomic mass is 16.5. The molecule has 0 aliphatic carbocycles. The highest BCUT2D eigenvalue weighted by Gasteiger charge is 2.02. The predicted molar refractivity (Wildman–Crippen MR) is 42.4 cm³/mol. The maximum atomic E-state index is 5.31. The van der Waals surface area contributed by atoms with Gasteiger partial charge in [0.05, 0.1) is 6.61 Å². The fraction of sp³-hybridized carbons (Fsp3) is 0.875. The van der Waals surface area contributed by atoms with Crippen LogP contribution in [0.5, 0.6) is 0 Å². The van der Waals surface area contributed by atoms with Crippen molar-refractivity contribution in [2.75, 3.05) is 13.2 Å². The van der Waals surface area contributed by atoms with E-state index >= 15 is 0 Å². The molecule has 0 unspecified atom stereocenters. The average Bonchev–Trinajstić information content (AvgIpc) is 2.17. The van der Waals surface area contributed by atoms with Crippen LogP contribution < -0.4 is 0 Å². The molecule has 2 heteroatoms. The number of hydrogen-bond acceptors (Lipinski definition) is 2. The summed E-state index contributed by atoms with van der Waals surface area (Å²) in [6, 6.07) is 0. The molecule has 0 N–H and O–H groups in total. The van der Waals surface area contributed by atoms with Crippen LogP contribution in [0.25, 0.3) is 0 Å². The molecule has 0 radical (unpaired) electrons. The molecule has 0 saturated carbocycles. The number of nitrogens with zero attached hydrogens (tertiary/aromatic N) is 1. The molecule has 0 atom stereocenters. The zero-order chi connectivity index (χ0) is 7.23. The second-order valence-corrected chi connectivity index (χ2v) is 2.52. The number of aliphatic imine (C=N–C) groups is 1. The van der Waals surface area contributed by atoms with Crippen LogP contribution in [0.4, 0.5) is 0 Å². The van der Waals surface area contributed by atoms with Gasteiger partial charge in [-0.05, 0) is 19.8 Å². The molecule has 0 amide bonds. The number of ether oxygens (including phenoxy) is 1. The van der Waals surface area contributed by atoms with Crippen LogP contribution in [0.15, 0.2) is 4.99 Å². The first kappa shape index (κ1) is 7.58. The molecule has 1 aliphatic heterocycles. The van der Waals surface area contributed by atoms with Crippen molar-refractivity contribution >= 4 is 5.90 Å². The summed E-state index contributed by atoms with van der Waals surface area (Å²) in [5, 5.41) is 0.